The van der Waals surface area contributed by atoms with Gasteiger partial charge in [-0.05, 0) is 19.1 Å². The van der Waals surface area contributed by atoms with E-state index in [-0.39, 0.29) is 18.1 Å². The average molecular weight is 305 g/mol. The zero-order valence-corrected chi connectivity index (χ0v) is 12.9. The molecule has 21 heavy (non-hydrogen) atoms. The van der Waals surface area contributed by atoms with Crippen LogP contribution in [0.25, 0.3) is 11.0 Å². The topological polar surface area (TPSA) is 47.2 Å². The summed E-state index contributed by atoms with van der Waals surface area (Å²) in [6.07, 6.45) is 0. The maximum absolute atomic E-state index is 12.5. The van der Waals surface area contributed by atoms with Crippen molar-refractivity contribution in [2.45, 2.75) is 20.0 Å². The molecule has 0 bridgehead atoms. The molecule has 112 valence electrons. The molecule has 0 aliphatic carbocycles. The second-order valence-corrected chi connectivity index (χ2v) is 6.32. The van der Waals surface area contributed by atoms with Crippen LogP contribution in [-0.4, -0.2) is 44.5 Å². The van der Waals surface area contributed by atoms with Crippen molar-refractivity contribution in [3.63, 3.8) is 0 Å². The van der Waals surface area contributed by atoms with E-state index in [9.17, 15) is 9.59 Å². The first-order valence-electron chi connectivity index (χ1n) is 7.26. The molecule has 2 aromatic rings. The van der Waals surface area contributed by atoms with E-state index in [1.54, 1.807) is 9.13 Å². The van der Waals surface area contributed by atoms with Gasteiger partial charge < -0.3 is 4.90 Å². The molecule has 6 heteroatoms. The Morgan fingerprint density at radius 1 is 1.14 bits per heavy atom. The lowest BCUT2D eigenvalue weighted by molar-refractivity contribution is -0.131. The molecule has 0 N–H and O–H groups in total. The smallest absolute Gasteiger partial charge is 0.329 e. The van der Waals surface area contributed by atoms with Crippen molar-refractivity contribution in [3.05, 3.63) is 34.7 Å². The molecule has 1 amide bonds. The maximum Gasteiger partial charge on any atom is 0.329 e. The number of aryl methyl sites for hydroxylation is 1. The van der Waals surface area contributed by atoms with Gasteiger partial charge in [0.25, 0.3) is 0 Å². The van der Waals surface area contributed by atoms with Crippen LogP contribution >= 0.6 is 11.8 Å². The Balaban J connectivity index is 1.95. The molecule has 1 saturated heterocycles. The number of amides is 1. The molecule has 5 nitrogen and oxygen atoms in total. The zero-order chi connectivity index (χ0) is 14.8. The van der Waals surface area contributed by atoms with Crippen molar-refractivity contribution >= 4 is 28.7 Å². The van der Waals surface area contributed by atoms with Gasteiger partial charge in [-0.1, -0.05) is 12.1 Å². The maximum atomic E-state index is 12.5. The number of hydrogen-bond donors (Lipinski definition) is 0. The lowest BCUT2D eigenvalue weighted by Gasteiger charge is -2.26. The third-order valence-corrected chi connectivity index (χ3v) is 4.84. The highest BCUT2D eigenvalue weighted by atomic mass is 32.2. The number of aromatic nitrogens is 2. The Labute approximate surface area is 127 Å². The Kier molecular flexibility index (Phi) is 4.05. The van der Waals surface area contributed by atoms with E-state index in [0.717, 1.165) is 35.6 Å². The van der Waals surface area contributed by atoms with Gasteiger partial charge in [0.05, 0.1) is 11.0 Å². The predicted molar refractivity (Wildman–Crippen MR) is 85.8 cm³/mol. The third kappa shape index (κ3) is 2.60. The number of thioether (sulfide) groups is 1. The quantitative estimate of drug-likeness (QED) is 0.861. The number of carbonyl (C=O) groups is 1. The summed E-state index contributed by atoms with van der Waals surface area (Å²) in [7, 11) is 0. The highest BCUT2D eigenvalue weighted by molar-refractivity contribution is 7.99. The molecule has 0 radical (unpaired) electrons. The van der Waals surface area contributed by atoms with E-state index in [2.05, 4.69) is 0 Å². The summed E-state index contributed by atoms with van der Waals surface area (Å²) >= 11 is 1.87. The van der Waals surface area contributed by atoms with Crippen LogP contribution in [-0.2, 0) is 17.9 Å². The summed E-state index contributed by atoms with van der Waals surface area (Å²) in [5, 5.41) is 0. The number of fused-ring (bicyclic) bond motifs is 1. The van der Waals surface area contributed by atoms with Crippen molar-refractivity contribution < 1.29 is 4.79 Å². The molecule has 3 rings (SSSR count). The van der Waals surface area contributed by atoms with E-state index in [0.29, 0.717) is 6.54 Å². The minimum absolute atomic E-state index is 0.0383. The summed E-state index contributed by atoms with van der Waals surface area (Å²) in [4.78, 5) is 26.8. The molecule has 2 heterocycles. The second kappa shape index (κ2) is 5.97. The minimum atomic E-state index is -0.0987. The molecular weight excluding hydrogens is 286 g/mol. The number of hydrogen-bond acceptors (Lipinski definition) is 3. The van der Waals surface area contributed by atoms with Gasteiger partial charge in [-0.25, -0.2) is 4.79 Å². The molecule has 1 fully saturated rings. The van der Waals surface area contributed by atoms with Crippen molar-refractivity contribution in [2.24, 2.45) is 0 Å². The van der Waals surface area contributed by atoms with Gasteiger partial charge in [-0.2, -0.15) is 11.8 Å². The van der Waals surface area contributed by atoms with Gasteiger partial charge in [0.2, 0.25) is 5.91 Å². The van der Waals surface area contributed by atoms with Crippen molar-refractivity contribution in [3.8, 4) is 0 Å². The van der Waals surface area contributed by atoms with Gasteiger partial charge in [0.1, 0.15) is 6.54 Å². The van der Waals surface area contributed by atoms with Gasteiger partial charge in [-0.3, -0.25) is 13.9 Å². The van der Waals surface area contributed by atoms with Crippen molar-refractivity contribution in [1.29, 1.82) is 0 Å². The Morgan fingerprint density at radius 2 is 1.76 bits per heavy atom. The molecule has 0 saturated carbocycles. The molecule has 0 spiro atoms. The van der Waals surface area contributed by atoms with Crippen LogP contribution in [0, 0.1) is 0 Å². The fourth-order valence-electron chi connectivity index (χ4n) is 2.78. The molecule has 1 aliphatic rings. The lowest BCUT2D eigenvalue weighted by Crippen LogP contribution is -2.41. The summed E-state index contributed by atoms with van der Waals surface area (Å²) in [5.74, 6) is 2.01. The van der Waals surface area contributed by atoms with E-state index in [1.807, 2.05) is 47.9 Å². The average Bonchev–Trinajstić information content (AvgIpc) is 2.80. The van der Waals surface area contributed by atoms with E-state index < -0.39 is 0 Å². The summed E-state index contributed by atoms with van der Waals surface area (Å²) in [6.45, 7) is 4.26. The molecule has 0 atom stereocenters. The first-order valence-corrected chi connectivity index (χ1v) is 8.41. The van der Waals surface area contributed by atoms with Crippen LogP contribution in [0.5, 0.6) is 0 Å². The SMILES string of the molecule is CCn1c(=O)n(CC(=O)N2CCSCC2)c2ccccc21. The third-order valence-electron chi connectivity index (χ3n) is 3.90. The predicted octanol–water partition coefficient (Wildman–Crippen LogP) is 1.40. The monoisotopic (exact) mass is 305 g/mol. The summed E-state index contributed by atoms with van der Waals surface area (Å²) in [6, 6.07) is 7.66. The standard InChI is InChI=1S/C15H19N3O2S/c1-2-17-12-5-3-4-6-13(12)18(15(17)20)11-14(19)16-7-9-21-10-8-16/h3-6H,2,7-11H2,1H3. The molecular formula is C15H19N3O2S. The van der Waals surface area contributed by atoms with Crippen molar-refractivity contribution in [2.75, 3.05) is 24.6 Å². The summed E-state index contributed by atoms with van der Waals surface area (Å²) < 4.78 is 3.32. The van der Waals surface area contributed by atoms with Gasteiger partial charge in [-0.15, -0.1) is 0 Å². The zero-order valence-electron chi connectivity index (χ0n) is 12.1. The van der Waals surface area contributed by atoms with Crippen molar-refractivity contribution in [1.82, 2.24) is 14.0 Å². The largest absolute Gasteiger partial charge is 0.339 e. The van der Waals surface area contributed by atoms with Gasteiger partial charge >= 0.3 is 5.69 Å². The Bertz CT molecular complexity index is 713. The number of nitrogens with zero attached hydrogens (tertiary/aromatic N) is 3. The minimum Gasteiger partial charge on any atom is -0.339 e. The number of benzene rings is 1. The highest BCUT2D eigenvalue weighted by Gasteiger charge is 2.20. The van der Waals surface area contributed by atoms with Crippen LogP contribution in [0.2, 0.25) is 0 Å². The van der Waals surface area contributed by atoms with Gasteiger partial charge in [0.15, 0.2) is 0 Å². The van der Waals surface area contributed by atoms with Crippen LogP contribution in [0.3, 0.4) is 0 Å². The fraction of sp³-hybridized carbons (Fsp3) is 0.467. The Morgan fingerprint density at radius 3 is 2.38 bits per heavy atom. The van der Waals surface area contributed by atoms with E-state index in [1.165, 1.54) is 0 Å². The Hall–Kier alpha value is -1.69. The summed E-state index contributed by atoms with van der Waals surface area (Å²) in [5.41, 5.74) is 1.63. The van der Waals surface area contributed by atoms with E-state index >= 15 is 0 Å². The lowest BCUT2D eigenvalue weighted by atomic mass is 10.3. The molecule has 1 aliphatic heterocycles. The first-order chi connectivity index (χ1) is 10.2. The molecule has 1 aromatic carbocycles. The highest BCUT2D eigenvalue weighted by Crippen LogP contribution is 2.14. The first kappa shape index (κ1) is 14.3. The van der Waals surface area contributed by atoms with Crippen LogP contribution < -0.4 is 5.69 Å². The van der Waals surface area contributed by atoms with Crippen LogP contribution in [0.1, 0.15) is 6.92 Å². The second-order valence-electron chi connectivity index (χ2n) is 5.09. The molecule has 0 unspecified atom stereocenters. The number of rotatable bonds is 3. The van der Waals surface area contributed by atoms with Crippen LogP contribution in [0.15, 0.2) is 29.1 Å². The van der Waals surface area contributed by atoms with E-state index in [4.69, 9.17) is 0 Å². The molecule has 1 aromatic heterocycles. The number of imidazole rings is 1. The van der Waals surface area contributed by atoms with Gasteiger partial charge in [0, 0.05) is 31.1 Å². The number of carbonyl (C=O) groups excluding carboxylic acids is 1. The number of para-hydroxylation sites is 2. The van der Waals surface area contributed by atoms with Crippen LogP contribution in [0.4, 0.5) is 0 Å². The fourth-order valence-corrected chi connectivity index (χ4v) is 3.68. The normalized spacial score (nSPS) is 15.6.